The Hall–Kier alpha value is -4.68. The highest BCUT2D eigenvalue weighted by molar-refractivity contribution is 7.88. The van der Waals surface area contributed by atoms with Crippen molar-refractivity contribution in [3.8, 4) is 0 Å². The summed E-state index contributed by atoms with van der Waals surface area (Å²) in [6, 6.07) is -1.25. The number of hydrogen-bond donors (Lipinski definition) is 5. The molecular formula is C54H83N3O18S. The Morgan fingerprint density at radius 1 is 0.882 bits per heavy atom. The van der Waals surface area contributed by atoms with E-state index in [-0.39, 0.29) is 55.6 Å². The summed E-state index contributed by atoms with van der Waals surface area (Å²) in [5.41, 5.74) is 1.16. The van der Waals surface area contributed by atoms with Crippen LogP contribution in [0.2, 0.25) is 0 Å². The van der Waals surface area contributed by atoms with Gasteiger partial charge in [-0.3, -0.25) is 24.0 Å². The molecule has 1 saturated carbocycles. The van der Waals surface area contributed by atoms with Crippen molar-refractivity contribution in [2.24, 2.45) is 35.5 Å². The third kappa shape index (κ3) is 17.9. The first-order valence-corrected chi connectivity index (χ1v) is 27.9. The summed E-state index contributed by atoms with van der Waals surface area (Å²) >= 11 is 0. The second-order valence-electron chi connectivity index (χ2n) is 21.3. The molecule has 0 unspecified atom stereocenters. The molecule has 1 aliphatic carbocycles. The number of piperidine rings is 1. The van der Waals surface area contributed by atoms with E-state index in [4.69, 9.17) is 33.5 Å². The molecule has 3 heterocycles. The average molecular weight is 1090 g/mol. The Labute approximate surface area is 447 Å². The topological polar surface area (TPSA) is 297 Å². The average Bonchev–Trinajstić information content (AvgIpc) is 3.37. The fraction of sp³-hybridized carbons (Fsp3) is 0.722. The van der Waals surface area contributed by atoms with Gasteiger partial charge in [0.05, 0.1) is 18.3 Å². The van der Waals surface area contributed by atoms with Gasteiger partial charge in [0.25, 0.3) is 11.7 Å². The largest absolute Gasteiger partial charge is 0.480 e. The zero-order valence-corrected chi connectivity index (χ0v) is 46.6. The molecule has 0 aromatic heterocycles. The van der Waals surface area contributed by atoms with E-state index in [2.05, 4.69) is 0 Å². The zero-order valence-electron chi connectivity index (χ0n) is 45.8. The SMILES string of the molecule is CO[C@H]1C[C@@H]2CC[C@@H](C)[C@@](O)(O2)C(=O)C(=O)N2CCCC[C@H]2C(=O)O[C@H]([C@H](C)C[C@@H]2CC[C@@H](OC(=O)NS(=O)(=O)NCC(=O)O)[C@H](OC)C2)CC(=O)[C@H](C)/C=C(\C)[C@@H](O)[C@@H](OC)C(=O)[C@H](C)C[C@H](C)/C=C/C=CC=C1C. The maximum absolute atomic E-state index is 14.5. The van der Waals surface area contributed by atoms with Gasteiger partial charge >= 0.3 is 28.2 Å². The summed E-state index contributed by atoms with van der Waals surface area (Å²) in [6.07, 6.45) is 6.85. The summed E-state index contributed by atoms with van der Waals surface area (Å²) in [6.45, 7) is 11.3. The minimum Gasteiger partial charge on any atom is -0.480 e. The maximum atomic E-state index is 14.5. The van der Waals surface area contributed by atoms with Gasteiger partial charge in [0.15, 0.2) is 5.78 Å². The molecule has 0 aromatic carbocycles. The van der Waals surface area contributed by atoms with Crippen LogP contribution in [0.15, 0.2) is 47.6 Å². The monoisotopic (exact) mass is 1090 g/mol. The molecule has 4 aliphatic rings. The molecule has 76 heavy (non-hydrogen) atoms. The van der Waals surface area contributed by atoms with Gasteiger partial charge in [0, 0.05) is 58.5 Å². The summed E-state index contributed by atoms with van der Waals surface area (Å²) in [7, 11) is -0.266. The molecule has 2 amide bonds. The third-order valence-corrected chi connectivity index (χ3v) is 16.3. The molecule has 21 nitrogen and oxygen atoms in total. The van der Waals surface area contributed by atoms with Crippen LogP contribution in [0, 0.1) is 35.5 Å². The number of carboxylic acids is 1. The molecule has 0 aromatic rings. The van der Waals surface area contributed by atoms with Gasteiger partial charge in [-0.05, 0) is 107 Å². The second-order valence-corrected chi connectivity index (χ2v) is 22.8. The lowest BCUT2D eigenvalue weighted by molar-refractivity contribution is -0.265. The lowest BCUT2D eigenvalue weighted by Crippen LogP contribution is -2.61. The van der Waals surface area contributed by atoms with Gasteiger partial charge in [0.2, 0.25) is 5.79 Å². The first kappa shape index (κ1) is 63.8. The second kappa shape index (κ2) is 29.3. The van der Waals surface area contributed by atoms with Gasteiger partial charge in [-0.2, -0.15) is 13.1 Å². The first-order valence-electron chi connectivity index (χ1n) is 26.4. The molecule has 2 saturated heterocycles. The van der Waals surface area contributed by atoms with Gasteiger partial charge in [0.1, 0.15) is 42.8 Å². The van der Waals surface area contributed by atoms with E-state index in [0.717, 1.165) is 10.5 Å². The third-order valence-electron chi connectivity index (χ3n) is 15.3. The number of ketones is 3. The first-order chi connectivity index (χ1) is 35.7. The van der Waals surface area contributed by atoms with E-state index in [1.165, 1.54) is 14.2 Å². The van der Waals surface area contributed by atoms with Gasteiger partial charge in [-0.25, -0.2) is 14.3 Å². The Kier molecular flexibility index (Phi) is 24.6. The van der Waals surface area contributed by atoms with Crippen LogP contribution in [0.25, 0.3) is 0 Å². The fourth-order valence-electron chi connectivity index (χ4n) is 10.7. The van der Waals surface area contributed by atoms with Crippen molar-refractivity contribution < 1.29 is 85.7 Å². The number of aliphatic hydroxyl groups is 2. The van der Waals surface area contributed by atoms with Crippen LogP contribution in [0.5, 0.6) is 0 Å². The molecule has 15 atom stereocenters. The van der Waals surface area contributed by atoms with Crippen LogP contribution in [0.4, 0.5) is 4.79 Å². The Morgan fingerprint density at radius 2 is 1.59 bits per heavy atom. The lowest BCUT2D eigenvalue weighted by Gasteiger charge is -2.42. The number of esters is 1. The van der Waals surface area contributed by atoms with Crippen molar-refractivity contribution in [3.05, 3.63) is 47.6 Å². The molecule has 0 radical (unpaired) electrons. The summed E-state index contributed by atoms with van der Waals surface area (Å²) in [4.78, 5) is 95.8. The smallest absolute Gasteiger partial charge is 0.422 e. The Morgan fingerprint density at radius 3 is 2.25 bits per heavy atom. The molecule has 2 bridgehead atoms. The molecule has 4 rings (SSSR count). The summed E-state index contributed by atoms with van der Waals surface area (Å²) in [5.74, 6) is -10.6. The molecule has 428 valence electrons. The number of ether oxygens (including phenoxy) is 6. The molecule has 22 heteroatoms. The normalized spacial score (nSPS) is 35.2. The van der Waals surface area contributed by atoms with Crippen LogP contribution < -0.4 is 9.44 Å². The fourth-order valence-corrected chi connectivity index (χ4v) is 11.4. The zero-order chi connectivity index (χ0) is 56.7. The number of carbonyl (C=O) groups is 7. The number of carbonyl (C=O) groups excluding carboxylic acids is 6. The van der Waals surface area contributed by atoms with E-state index < -0.39 is 125 Å². The van der Waals surface area contributed by atoms with E-state index in [0.29, 0.717) is 56.9 Å². The van der Waals surface area contributed by atoms with E-state index in [9.17, 15) is 52.2 Å². The van der Waals surface area contributed by atoms with Crippen molar-refractivity contribution in [2.45, 2.75) is 180 Å². The molecule has 3 aliphatic heterocycles. The summed E-state index contributed by atoms with van der Waals surface area (Å²) < 4.78 is 62.5. The van der Waals surface area contributed by atoms with Crippen LogP contribution in [0.3, 0.4) is 0 Å². The number of carboxylic acid groups (broad SMARTS) is 1. The van der Waals surface area contributed by atoms with Crippen LogP contribution in [0.1, 0.15) is 126 Å². The number of hydrogen-bond acceptors (Lipinski definition) is 17. The van der Waals surface area contributed by atoms with Crippen molar-refractivity contribution in [2.75, 3.05) is 34.4 Å². The van der Waals surface area contributed by atoms with E-state index in [1.54, 1.807) is 57.2 Å². The van der Waals surface area contributed by atoms with Crippen LogP contribution >= 0.6 is 0 Å². The number of rotatable bonds is 11. The predicted octanol–water partition coefficient (Wildman–Crippen LogP) is 4.83. The Balaban J connectivity index is 1.67. The minimum absolute atomic E-state index is 0.00837. The predicted molar refractivity (Wildman–Crippen MR) is 277 cm³/mol. The van der Waals surface area contributed by atoms with E-state index >= 15 is 0 Å². The van der Waals surface area contributed by atoms with Crippen LogP contribution in [-0.4, -0.2) is 159 Å². The number of aliphatic hydroxyl groups excluding tert-OH is 1. The number of nitrogens with zero attached hydrogens (tertiary/aromatic N) is 1. The van der Waals surface area contributed by atoms with Crippen LogP contribution in [-0.2, 0) is 67.4 Å². The lowest BCUT2D eigenvalue weighted by atomic mass is 9.78. The molecule has 5 N–H and O–H groups in total. The van der Waals surface area contributed by atoms with Crippen molar-refractivity contribution >= 4 is 51.5 Å². The standard InChI is InChI=1S/C54H83N3O18S/c1-31-16-12-11-13-17-32(2)43(70-8)28-39-21-19-37(7)54(67,75-39)50(63)51(64)57-23-15-14-18-40(57)52(65)73-44(29-41(58)33(3)25-36(6)48(62)49(72-10)47(61)35(5)24-31)34(4)26-38-20-22-42(45(27-38)71-9)74-53(66)56-76(68,69)55-30-46(59)60/h11-13,16-17,25,31,33-35,37-40,42-45,48-49,55,62,67H,14-15,18-24,26-30H2,1-10H3,(H,56,66)(H,59,60)/b13-11?,16-12+,32-17?,36-25+/t31-,33-,34-,35-,37-,38+,39+,40+,42-,43+,44+,45-,48-,49+,54-/m1/s1. The number of allylic oxidation sites excluding steroid dienone is 6. The van der Waals surface area contributed by atoms with Crippen molar-refractivity contribution in [3.63, 3.8) is 0 Å². The quantitative estimate of drug-likeness (QED) is 0.105. The summed E-state index contributed by atoms with van der Waals surface area (Å²) in [5, 5.41) is 32.3. The number of fused-ring (bicyclic) bond motifs is 3. The van der Waals surface area contributed by atoms with E-state index in [1.807, 2.05) is 44.2 Å². The number of Topliss-reactive ketones (excluding diaryl/α,β-unsaturated/α-hetero) is 3. The number of methoxy groups -OCH3 is 3. The van der Waals surface area contributed by atoms with Gasteiger partial charge in [-0.1, -0.05) is 71.1 Å². The minimum atomic E-state index is -4.55. The Bertz CT molecular complexity index is 2280. The highest BCUT2D eigenvalue weighted by Gasteiger charge is 2.53. The number of aliphatic carboxylic acids is 1. The van der Waals surface area contributed by atoms with Crippen molar-refractivity contribution in [1.82, 2.24) is 14.3 Å². The molecular weight excluding hydrogens is 1010 g/mol. The molecule has 3 fully saturated rings. The van der Waals surface area contributed by atoms with Gasteiger partial charge in [-0.15, -0.1) is 0 Å². The molecule has 0 spiro atoms. The number of cyclic esters (lactones) is 1. The van der Waals surface area contributed by atoms with Gasteiger partial charge < -0.3 is 48.6 Å². The van der Waals surface area contributed by atoms with Crippen molar-refractivity contribution in [1.29, 1.82) is 0 Å². The highest BCUT2D eigenvalue weighted by Crippen LogP contribution is 2.38. The maximum Gasteiger partial charge on any atom is 0.422 e. The number of nitrogens with one attached hydrogen (secondary N) is 2. The highest BCUT2D eigenvalue weighted by atomic mass is 32.2. The number of amides is 2.